The number of carbonyl (C=O) groups is 1. The van der Waals surface area contributed by atoms with Crippen LogP contribution in [0.5, 0.6) is 0 Å². The third-order valence-corrected chi connectivity index (χ3v) is 4.64. The maximum Gasteiger partial charge on any atom is 0.274 e. The Morgan fingerprint density at radius 1 is 1.13 bits per heavy atom. The number of nitrogens with one attached hydrogen (secondary N) is 2. The Bertz CT molecular complexity index is 686. The van der Waals surface area contributed by atoms with Crippen molar-refractivity contribution in [1.82, 2.24) is 9.97 Å². The minimum Gasteiger partial charge on any atom is -0.351 e. The van der Waals surface area contributed by atoms with Crippen LogP contribution < -0.4 is 10.6 Å². The summed E-state index contributed by atoms with van der Waals surface area (Å²) in [6, 6.07) is 9.52. The van der Waals surface area contributed by atoms with Gasteiger partial charge in [-0.15, -0.1) is 0 Å². The van der Waals surface area contributed by atoms with Gasteiger partial charge in [-0.05, 0) is 47.0 Å². The third kappa shape index (κ3) is 4.28. The number of para-hydroxylation sites is 1. The summed E-state index contributed by atoms with van der Waals surface area (Å²) in [5.74, 6) is 0.280. The second kappa shape index (κ2) is 7.55. The third-order valence-electron chi connectivity index (χ3n) is 3.95. The molecule has 23 heavy (non-hydrogen) atoms. The molecule has 0 spiro atoms. The fourth-order valence-corrected chi connectivity index (χ4v) is 3.12. The largest absolute Gasteiger partial charge is 0.351 e. The Balaban J connectivity index is 1.69. The van der Waals surface area contributed by atoms with Gasteiger partial charge in [0.25, 0.3) is 5.91 Å². The van der Waals surface area contributed by atoms with Gasteiger partial charge < -0.3 is 10.6 Å². The molecule has 0 bridgehead atoms. The van der Waals surface area contributed by atoms with Gasteiger partial charge in [0.1, 0.15) is 5.69 Å². The molecular weight excluding hydrogens is 356 g/mol. The molecule has 6 heteroatoms. The van der Waals surface area contributed by atoms with E-state index >= 15 is 0 Å². The molecule has 1 saturated carbocycles. The number of carbonyl (C=O) groups excluding carboxylic acids is 1. The van der Waals surface area contributed by atoms with Gasteiger partial charge in [0.05, 0.1) is 5.69 Å². The van der Waals surface area contributed by atoms with Crippen LogP contribution in [0.25, 0.3) is 0 Å². The first-order valence-corrected chi connectivity index (χ1v) is 8.67. The van der Waals surface area contributed by atoms with Gasteiger partial charge in [0, 0.05) is 16.7 Å². The molecule has 1 aliphatic rings. The fraction of sp³-hybridized carbons (Fsp3) is 0.353. The normalized spacial score (nSPS) is 15.2. The molecule has 1 aliphatic carbocycles. The number of hydrogen-bond acceptors (Lipinski definition) is 4. The van der Waals surface area contributed by atoms with Crippen molar-refractivity contribution in [3.05, 3.63) is 46.7 Å². The van der Waals surface area contributed by atoms with Crippen LogP contribution in [0.1, 0.15) is 42.6 Å². The van der Waals surface area contributed by atoms with Crippen LogP contribution in [0.3, 0.4) is 0 Å². The van der Waals surface area contributed by atoms with E-state index in [9.17, 15) is 4.79 Å². The summed E-state index contributed by atoms with van der Waals surface area (Å²) < 4.78 is 0.836. The first-order valence-electron chi connectivity index (χ1n) is 7.88. The average molecular weight is 375 g/mol. The van der Waals surface area contributed by atoms with Crippen molar-refractivity contribution in [1.29, 1.82) is 0 Å². The molecule has 0 radical (unpaired) electrons. The van der Waals surface area contributed by atoms with Crippen molar-refractivity contribution in [2.75, 3.05) is 10.6 Å². The zero-order valence-electron chi connectivity index (χ0n) is 12.8. The lowest BCUT2D eigenvalue weighted by Gasteiger charge is -2.22. The Morgan fingerprint density at radius 3 is 2.70 bits per heavy atom. The lowest BCUT2D eigenvalue weighted by Crippen LogP contribution is -2.24. The predicted octanol–water partition coefficient (Wildman–Crippen LogP) is 4.24. The summed E-state index contributed by atoms with van der Waals surface area (Å²) in [5, 5.41) is 6.19. The molecule has 1 amide bonds. The fourth-order valence-electron chi connectivity index (χ4n) is 2.73. The molecule has 1 heterocycles. The lowest BCUT2D eigenvalue weighted by atomic mass is 9.96. The second-order valence-corrected chi connectivity index (χ2v) is 6.53. The number of halogens is 1. The Kier molecular flexibility index (Phi) is 5.23. The van der Waals surface area contributed by atoms with E-state index in [1.165, 1.54) is 19.3 Å². The Labute approximate surface area is 144 Å². The summed E-state index contributed by atoms with van der Waals surface area (Å²) in [5.41, 5.74) is 1.08. The summed E-state index contributed by atoms with van der Waals surface area (Å²) in [4.78, 5) is 20.9. The van der Waals surface area contributed by atoms with Crippen molar-refractivity contribution in [3.8, 4) is 0 Å². The van der Waals surface area contributed by atoms with Gasteiger partial charge in [0.2, 0.25) is 5.95 Å². The van der Waals surface area contributed by atoms with Gasteiger partial charge in [-0.1, -0.05) is 31.4 Å². The number of aromatic nitrogens is 2. The number of amides is 1. The molecule has 1 fully saturated rings. The quantitative estimate of drug-likeness (QED) is 0.839. The van der Waals surface area contributed by atoms with Crippen molar-refractivity contribution in [3.63, 3.8) is 0 Å². The highest BCUT2D eigenvalue weighted by molar-refractivity contribution is 9.10. The monoisotopic (exact) mass is 374 g/mol. The van der Waals surface area contributed by atoms with E-state index in [0.29, 0.717) is 17.7 Å². The van der Waals surface area contributed by atoms with Crippen LogP contribution in [0, 0.1) is 0 Å². The number of rotatable bonds is 4. The standard InChI is InChI=1S/C17H19BrN4O/c18-13-8-4-5-9-14(13)21-16(23)15-10-11-19-17(22-15)20-12-6-2-1-3-7-12/h4-5,8-12H,1-3,6-7H2,(H,21,23)(H,19,20,22). The molecule has 0 atom stereocenters. The summed E-state index contributed by atoms with van der Waals surface area (Å²) in [6.07, 6.45) is 7.66. The Hall–Kier alpha value is -1.95. The number of anilines is 2. The Morgan fingerprint density at radius 2 is 1.91 bits per heavy atom. The summed E-state index contributed by atoms with van der Waals surface area (Å²) in [6.45, 7) is 0. The molecule has 0 unspecified atom stereocenters. The molecule has 1 aromatic carbocycles. The van der Waals surface area contributed by atoms with Gasteiger partial charge in [0.15, 0.2) is 0 Å². The van der Waals surface area contributed by atoms with Crippen molar-refractivity contribution < 1.29 is 4.79 Å². The first kappa shape index (κ1) is 15.9. The van der Waals surface area contributed by atoms with Gasteiger partial charge >= 0.3 is 0 Å². The maximum absolute atomic E-state index is 12.4. The zero-order chi connectivity index (χ0) is 16.1. The zero-order valence-corrected chi connectivity index (χ0v) is 14.3. The topological polar surface area (TPSA) is 66.9 Å². The molecule has 3 rings (SSSR count). The van der Waals surface area contributed by atoms with Crippen LogP contribution in [-0.2, 0) is 0 Å². The molecular formula is C17H19BrN4O. The van der Waals surface area contributed by atoms with E-state index in [-0.39, 0.29) is 5.91 Å². The van der Waals surface area contributed by atoms with E-state index in [0.717, 1.165) is 23.0 Å². The van der Waals surface area contributed by atoms with Crippen LogP contribution in [0.15, 0.2) is 41.0 Å². The maximum atomic E-state index is 12.4. The first-order chi connectivity index (χ1) is 11.2. The molecule has 0 saturated heterocycles. The average Bonchev–Trinajstić information content (AvgIpc) is 2.58. The van der Waals surface area contributed by atoms with Crippen molar-refractivity contribution >= 4 is 33.5 Å². The van der Waals surface area contributed by atoms with Crippen LogP contribution >= 0.6 is 15.9 Å². The molecule has 5 nitrogen and oxygen atoms in total. The molecule has 120 valence electrons. The molecule has 1 aromatic heterocycles. The molecule has 0 aliphatic heterocycles. The molecule has 2 N–H and O–H groups in total. The molecule has 2 aromatic rings. The van der Waals surface area contributed by atoms with E-state index in [1.807, 2.05) is 24.3 Å². The number of benzene rings is 1. The van der Waals surface area contributed by atoms with Crippen LogP contribution in [-0.4, -0.2) is 21.9 Å². The van der Waals surface area contributed by atoms with E-state index in [1.54, 1.807) is 12.3 Å². The highest BCUT2D eigenvalue weighted by Crippen LogP contribution is 2.22. The van der Waals surface area contributed by atoms with Gasteiger partial charge in [-0.2, -0.15) is 0 Å². The van der Waals surface area contributed by atoms with E-state index in [2.05, 4.69) is 36.5 Å². The predicted molar refractivity (Wildman–Crippen MR) is 94.6 cm³/mol. The SMILES string of the molecule is O=C(Nc1ccccc1Br)c1ccnc(NC2CCCCC2)n1. The highest BCUT2D eigenvalue weighted by Gasteiger charge is 2.15. The van der Waals surface area contributed by atoms with E-state index in [4.69, 9.17) is 0 Å². The lowest BCUT2D eigenvalue weighted by molar-refractivity contribution is 0.102. The highest BCUT2D eigenvalue weighted by atomic mass is 79.9. The summed E-state index contributed by atoms with van der Waals surface area (Å²) in [7, 11) is 0. The number of nitrogens with zero attached hydrogens (tertiary/aromatic N) is 2. The van der Waals surface area contributed by atoms with Gasteiger partial charge in [-0.25, -0.2) is 9.97 Å². The van der Waals surface area contributed by atoms with Crippen LogP contribution in [0.2, 0.25) is 0 Å². The number of hydrogen-bond donors (Lipinski definition) is 2. The van der Waals surface area contributed by atoms with Crippen LogP contribution in [0.4, 0.5) is 11.6 Å². The minimum absolute atomic E-state index is 0.244. The second-order valence-electron chi connectivity index (χ2n) is 5.68. The van der Waals surface area contributed by atoms with Crippen molar-refractivity contribution in [2.24, 2.45) is 0 Å². The van der Waals surface area contributed by atoms with Crippen molar-refractivity contribution in [2.45, 2.75) is 38.1 Å². The minimum atomic E-state index is -0.244. The summed E-state index contributed by atoms with van der Waals surface area (Å²) >= 11 is 3.42. The van der Waals surface area contributed by atoms with E-state index < -0.39 is 0 Å². The van der Waals surface area contributed by atoms with Gasteiger partial charge in [-0.3, -0.25) is 4.79 Å². The smallest absolute Gasteiger partial charge is 0.274 e.